The third-order valence-electron chi connectivity index (χ3n) is 4.11. The molecule has 2 aliphatic rings. The summed E-state index contributed by atoms with van der Waals surface area (Å²) < 4.78 is 0. The van der Waals surface area contributed by atoms with Gasteiger partial charge in [-0.15, -0.1) is 0 Å². The Morgan fingerprint density at radius 3 is 2.13 bits per heavy atom. The fourth-order valence-corrected chi connectivity index (χ4v) is 3.10. The first-order valence-corrected chi connectivity index (χ1v) is 5.97. The van der Waals surface area contributed by atoms with Gasteiger partial charge in [-0.3, -0.25) is 4.79 Å². The number of primary amides is 1. The highest BCUT2D eigenvalue weighted by atomic mass is 16.1. The summed E-state index contributed by atoms with van der Waals surface area (Å²) in [5.74, 6) is 0.425. The zero-order chi connectivity index (χ0) is 10.7. The lowest BCUT2D eigenvalue weighted by molar-refractivity contribution is -0.133. The highest BCUT2D eigenvalue weighted by molar-refractivity contribution is 5.81. The lowest BCUT2D eigenvalue weighted by Crippen LogP contribution is -2.52. The quantitative estimate of drug-likeness (QED) is 0.594. The monoisotopic (exact) mass is 211 g/mol. The first-order valence-electron chi connectivity index (χ1n) is 5.97. The Balaban J connectivity index is 2.12. The van der Waals surface area contributed by atoms with Gasteiger partial charge >= 0.3 is 0 Å². The van der Waals surface area contributed by atoms with Gasteiger partial charge in [0.05, 0.1) is 5.41 Å². The van der Waals surface area contributed by atoms with Crippen molar-refractivity contribution in [3.63, 3.8) is 0 Å². The minimum atomic E-state index is -0.215. The van der Waals surface area contributed by atoms with Crippen molar-refractivity contribution < 1.29 is 4.79 Å². The van der Waals surface area contributed by atoms with Gasteiger partial charge in [0.25, 0.3) is 0 Å². The molecule has 4 heteroatoms. The second-order valence-corrected chi connectivity index (χ2v) is 4.79. The first-order chi connectivity index (χ1) is 7.26. The van der Waals surface area contributed by atoms with Gasteiger partial charge in [-0.05, 0) is 57.8 Å². The standard InChI is InChI=1S/C11H21N3O/c12-10(15)11(3-7-14-8-4-11)9-1-5-13-6-2-9/h9,13-14H,1-8H2,(H2,12,15). The topological polar surface area (TPSA) is 67.2 Å². The summed E-state index contributed by atoms with van der Waals surface area (Å²) >= 11 is 0. The molecule has 2 saturated heterocycles. The summed E-state index contributed by atoms with van der Waals surface area (Å²) in [6.45, 7) is 3.94. The number of nitrogens with two attached hydrogens (primary N) is 1. The van der Waals surface area contributed by atoms with Crippen molar-refractivity contribution in [1.29, 1.82) is 0 Å². The van der Waals surface area contributed by atoms with Gasteiger partial charge < -0.3 is 16.4 Å². The van der Waals surface area contributed by atoms with Crippen LogP contribution in [0.1, 0.15) is 25.7 Å². The predicted octanol–water partition coefficient (Wildman–Crippen LogP) is -0.159. The summed E-state index contributed by atoms with van der Waals surface area (Å²) in [5.41, 5.74) is 5.43. The normalized spacial score (nSPS) is 27.5. The molecule has 15 heavy (non-hydrogen) atoms. The predicted molar refractivity (Wildman–Crippen MR) is 59.3 cm³/mol. The van der Waals surface area contributed by atoms with E-state index >= 15 is 0 Å². The van der Waals surface area contributed by atoms with Crippen LogP contribution in [0.15, 0.2) is 0 Å². The lowest BCUT2D eigenvalue weighted by atomic mass is 9.65. The van der Waals surface area contributed by atoms with Crippen LogP contribution in [0.3, 0.4) is 0 Å². The van der Waals surface area contributed by atoms with Gasteiger partial charge in [-0.2, -0.15) is 0 Å². The van der Waals surface area contributed by atoms with Gasteiger partial charge in [0, 0.05) is 0 Å². The zero-order valence-corrected chi connectivity index (χ0v) is 9.22. The van der Waals surface area contributed by atoms with E-state index < -0.39 is 0 Å². The number of rotatable bonds is 2. The highest BCUT2D eigenvalue weighted by Gasteiger charge is 2.44. The van der Waals surface area contributed by atoms with Crippen molar-refractivity contribution in [2.75, 3.05) is 26.2 Å². The largest absolute Gasteiger partial charge is 0.369 e. The van der Waals surface area contributed by atoms with E-state index in [4.69, 9.17) is 5.73 Å². The maximum absolute atomic E-state index is 11.7. The van der Waals surface area contributed by atoms with Gasteiger partial charge in [-0.1, -0.05) is 0 Å². The third kappa shape index (κ3) is 2.01. The van der Waals surface area contributed by atoms with Crippen LogP contribution >= 0.6 is 0 Å². The van der Waals surface area contributed by atoms with Gasteiger partial charge in [-0.25, -0.2) is 0 Å². The van der Waals surface area contributed by atoms with Crippen molar-refractivity contribution in [3.05, 3.63) is 0 Å². The van der Waals surface area contributed by atoms with E-state index in [1.807, 2.05) is 0 Å². The number of carbonyl (C=O) groups excluding carboxylic acids is 1. The third-order valence-corrected chi connectivity index (χ3v) is 4.11. The Hall–Kier alpha value is -0.610. The van der Waals surface area contributed by atoms with Gasteiger partial charge in [0.15, 0.2) is 0 Å². The second-order valence-electron chi connectivity index (χ2n) is 4.79. The fourth-order valence-electron chi connectivity index (χ4n) is 3.10. The smallest absolute Gasteiger partial charge is 0.224 e. The molecule has 1 amide bonds. The van der Waals surface area contributed by atoms with Crippen molar-refractivity contribution in [2.24, 2.45) is 17.1 Å². The molecule has 0 aromatic carbocycles. The van der Waals surface area contributed by atoms with Crippen LogP contribution in [-0.2, 0) is 4.79 Å². The Kier molecular flexibility index (Phi) is 3.26. The van der Waals surface area contributed by atoms with Gasteiger partial charge in [0.2, 0.25) is 5.91 Å². The molecule has 0 aromatic rings. The molecule has 0 bridgehead atoms. The molecular weight excluding hydrogens is 190 g/mol. The summed E-state index contributed by atoms with van der Waals surface area (Å²) in [4.78, 5) is 11.7. The number of amides is 1. The van der Waals surface area contributed by atoms with E-state index in [0.29, 0.717) is 5.92 Å². The first kappa shape index (κ1) is 10.9. The van der Waals surface area contributed by atoms with Crippen LogP contribution in [0.25, 0.3) is 0 Å². The summed E-state index contributed by atoms with van der Waals surface area (Å²) in [6.07, 6.45) is 4.05. The molecule has 0 saturated carbocycles. The summed E-state index contributed by atoms with van der Waals surface area (Å²) in [6, 6.07) is 0. The van der Waals surface area contributed by atoms with Crippen LogP contribution in [0.5, 0.6) is 0 Å². The van der Waals surface area contributed by atoms with Crippen molar-refractivity contribution >= 4 is 5.91 Å². The van der Waals surface area contributed by atoms with Crippen LogP contribution < -0.4 is 16.4 Å². The molecule has 0 spiro atoms. The maximum Gasteiger partial charge on any atom is 0.224 e. The average molecular weight is 211 g/mol. The molecule has 0 unspecified atom stereocenters. The molecule has 2 aliphatic heterocycles. The zero-order valence-electron chi connectivity index (χ0n) is 9.22. The Labute approximate surface area is 91.0 Å². The van der Waals surface area contributed by atoms with E-state index in [2.05, 4.69) is 10.6 Å². The maximum atomic E-state index is 11.7. The second kappa shape index (κ2) is 4.49. The minimum Gasteiger partial charge on any atom is -0.369 e. The molecule has 2 rings (SSSR count). The fraction of sp³-hybridized carbons (Fsp3) is 0.909. The summed E-state index contributed by atoms with van der Waals surface area (Å²) in [5, 5.41) is 6.65. The molecule has 2 heterocycles. The number of nitrogens with one attached hydrogen (secondary N) is 2. The van der Waals surface area contributed by atoms with E-state index in [-0.39, 0.29) is 11.3 Å². The minimum absolute atomic E-state index is 0.0732. The van der Waals surface area contributed by atoms with Crippen molar-refractivity contribution in [3.8, 4) is 0 Å². The molecule has 0 aromatic heterocycles. The molecule has 0 aliphatic carbocycles. The Morgan fingerprint density at radius 1 is 1.07 bits per heavy atom. The molecule has 0 radical (unpaired) electrons. The Morgan fingerprint density at radius 2 is 1.60 bits per heavy atom. The summed E-state index contributed by atoms with van der Waals surface area (Å²) in [7, 11) is 0. The van der Waals surface area contributed by atoms with E-state index in [9.17, 15) is 4.79 Å². The lowest BCUT2D eigenvalue weighted by Gasteiger charge is -2.43. The van der Waals surface area contributed by atoms with Crippen LogP contribution in [0.2, 0.25) is 0 Å². The van der Waals surface area contributed by atoms with Crippen LogP contribution in [0.4, 0.5) is 0 Å². The number of piperidine rings is 2. The number of carbonyl (C=O) groups is 1. The van der Waals surface area contributed by atoms with Gasteiger partial charge in [0.1, 0.15) is 0 Å². The van der Waals surface area contributed by atoms with E-state index in [0.717, 1.165) is 51.9 Å². The molecule has 0 atom stereocenters. The highest BCUT2D eigenvalue weighted by Crippen LogP contribution is 2.41. The molecule has 4 nitrogen and oxygen atoms in total. The number of hydrogen-bond donors (Lipinski definition) is 3. The van der Waals surface area contributed by atoms with Crippen LogP contribution in [-0.4, -0.2) is 32.1 Å². The molecule has 4 N–H and O–H groups in total. The van der Waals surface area contributed by atoms with Crippen LogP contribution in [0, 0.1) is 11.3 Å². The number of hydrogen-bond acceptors (Lipinski definition) is 3. The Bertz CT molecular complexity index is 230. The van der Waals surface area contributed by atoms with E-state index in [1.165, 1.54) is 0 Å². The SMILES string of the molecule is NC(=O)C1(C2CCNCC2)CCNCC1. The molecule has 86 valence electrons. The van der Waals surface area contributed by atoms with Crippen molar-refractivity contribution in [2.45, 2.75) is 25.7 Å². The average Bonchev–Trinajstić information content (AvgIpc) is 2.31. The molecule has 2 fully saturated rings. The van der Waals surface area contributed by atoms with Crippen molar-refractivity contribution in [1.82, 2.24) is 10.6 Å². The molecular formula is C11H21N3O. The van der Waals surface area contributed by atoms with E-state index in [1.54, 1.807) is 0 Å².